The zero-order valence-corrected chi connectivity index (χ0v) is 7.93. The van der Waals surface area contributed by atoms with E-state index in [0.717, 1.165) is 27.8 Å². The Morgan fingerprint density at radius 3 is 3.09 bits per heavy atom. The van der Waals surface area contributed by atoms with Crippen LogP contribution >= 0.6 is 35.0 Å². The van der Waals surface area contributed by atoms with Gasteiger partial charge in [-0.1, -0.05) is 23.2 Å². The number of aromatic nitrogens is 1. The lowest BCUT2D eigenvalue weighted by molar-refractivity contribution is 1.03. The fourth-order valence-electron chi connectivity index (χ4n) is 1.09. The molecule has 0 saturated carbocycles. The van der Waals surface area contributed by atoms with E-state index >= 15 is 0 Å². The van der Waals surface area contributed by atoms with E-state index < -0.39 is 0 Å². The molecule has 0 unspecified atom stereocenters. The number of hydrogen-bond donors (Lipinski definition) is 0. The van der Waals surface area contributed by atoms with Crippen molar-refractivity contribution >= 4 is 35.0 Å². The van der Waals surface area contributed by atoms with Crippen LogP contribution in [-0.2, 0) is 6.42 Å². The molecule has 1 nitrogen and oxygen atoms in total. The van der Waals surface area contributed by atoms with Crippen LogP contribution in [-0.4, -0.2) is 10.7 Å². The third-order valence-electron chi connectivity index (χ3n) is 1.55. The predicted molar refractivity (Wildman–Crippen MR) is 48.7 cm³/mol. The van der Waals surface area contributed by atoms with Crippen molar-refractivity contribution in [2.45, 2.75) is 11.3 Å². The predicted octanol–water partition coefficient (Wildman–Crippen LogP) is 3.04. The number of pyridine rings is 1. The lowest BCUT2D eigenvalue weighted by atomic mass is 10.3. The average Bonchev–Trinajstić information content (AvgIpc) is 2.34. The molecule has 0 amide bonds. The van der Waals surface area contributed by atoms with Gasteiger partial charge in [-0.15, -0.1) is 11.8 Å². The van der Waals surface area contributed by atoms with Gasteiger partial charge >= 0.3 is 0 Å². The van der Waals surface area contributed by atoms with Crippen LogP contribution in [0.1, 0.15) is 5.69 Å². The Hall–Kier alpha value is 0.0800. The fourth-order valence-corrected chi connectivity index (χ4v) is 2.75. The molecule has 58 valence electrons. The van der Waals surface area contributed by atoms with Crippen molar-refractivity contribution < 1.29 is 0 Å². The molecular weight excluding hydrogens is 201 g/mol. The summed E-state index contributed by atoms with van der Waals surface area (Å²) >= 11 is 13.4. The first-order valence-electron chi connectivity index (χ1n) is 3.25. The maximum absolute atomic E-state index is 5.93. The van der Waals surface area contributed by atoms with Gasteiger partial charge < -0.3 is 0 Å². The zero-order valence-electron chi connectivity index (χ0n) is 5.60. The third kappa shape index (κ3) is 1.35. The molecule has 0 saturated heterocycles. The largest absolute Gasteiger partial charge is 0.240 e. The molecule has 0 bridgehead atoms. The minimum atomic E-state index is 0.497. The van der Waals surface area contributed by atoms with Gasteiger partial charge in [0.15, 0.2) is 0 Å². The number of rotatable bonds is 0. The van der Waals surface area contributed by atoms with Gasteiger partial charge in [0.25, 0.3) is 0 Å². The summed E-state index contributed by atoms with van der Waals surface area (Å²) in [5.74, 6) is 1.07. The Bertz CT molecular complexity index is 301. The number of fused-ring (bicyclic) bond motifs is 1. The molecule has 0 fully saturated rings. The van der Waals surface area contributed by atoms with Gasteiger partial charge in [0.2, 0.25) is 0 Å². The highest BCUT2D eigenvalue weighted by Gasteiger charge is 2.16. The second-order valence-electron chi connectivity index (χ2n) is 2.30. The van der Waals surface area contributed by atoms with Gasteiger partial charge in [0.05, 0.1) is 10.7 Å². The van der Waals surface area contributed by atoms with Crippen LogP contribution < -0.4 is 0 Å². The Balaban J connectivity index is 2.60. The highest BCUT2D eigenvalue weighted by Crippen LogP contribution is 2.36. The van der Waals surface area contributed by atoms with E-state index in [1.807, 2.05) is 0 Å². The first-order chi connectivity index (χ1) is 5.27. The van der Waals surface area contributed by atoms with Crippen LogP contribution in [0.4, 0.5) is 0 Å². The molecule has 0 spiro atoms. The van der Waals surface area contributed by atoms with Crippen LogP contribution in [0.3, 0.4) is 0 Å². The van der Waals surface area contributed by atoms with Gasteiger partial charge in [0, 0.05) is 17.1 Å². The molecule has 2 heterocycles. The number of nitrogens with zero attached hydrogens (tertiary/aromatic N) is 1. The molecule has 0 radical (unpaired) electrons. The van der Waals surface area contributed by atoms with Crippen LogP contribution in [0, 0.1) is 0 Å². The van der Waals surface area contributed by atoms with Crippen molar-refractivity contribution in [2.75, 3.05) is 5.75 Å². The summed E-state index contributed by atoms with van der Waals surface area (Å²) in [5.41, 5.74) is 1.05. The first-order valence-corrected chi connectivity index (χ1v) is 4.99. The van der Waals surface area contributed by atoms with Gasteiger partial charge in [-0.3, -0.25) is 0 Å². The van der Waals surface area contributed by atoms with Crippen LogP contribution in [0.15, 0.2) is 11.0 Å². The van der Waals surface area contributed by atoms with Crippen LogP contribution in [0.2, 0.25) is 10.2 Å². The van der Waals surface area contributed by atoms with E-state index in [4.69, 9.17) is 23.2 Å². The molecule has 4 heteroatoms. The maximum Gasteiger partial charge on any atom is 0.130 e. The monoisotopic (exact) mass is 205 g/mol. The van der Waals surface area contributed by atoms with E-state index in [9.17, 15) is 0 Å². The van der Waals surface area contributed by atoms with Crippen molar-refractivity contribution in [2.24, 2.45) is 0 Å². The van der Waals surface area contributed by atoms with E-state index in [-0.39, 0.29) is 0 Å². The Morgan fingerprint density at radius 2 is 2.27 bits per heavy atom. The SMILES string of the molecule is Clc1cc(Cl)c2c(n1)CCS2. The number of thioether (sulfide) groups is 1. The zero-order chi connectivity index (χ0) is 7.84. The molecule has 0 N–H and O–H groups in total. The van der Waals surface area contributed by atoms with Crippen molar-refractivity contribution in [1.82, 2.24) is 4.98 Å². The molecular formula is C7H5Cl2NS. The summed E-state index contributed by atoms with van der Waals surface area (Å²) in [7, 11) is 0. The Kier molecular flexibility index (Phi) is 2.00. The summed E-state index contributed by atoms with van der Waals surface area (Å²) in [6.45, 7) is 0. The second kappa shape index (κ2) is 2.85. The third-order valence-corrected chi connectivity index (χ3v) is 3.31. The van der Waals surface area contributed by atoms with Crippen LogP contribution in [0.5, 0.6) is 0 Å². The Morgan fingerprint density at radius 1 is 1.45 bits per heavy atom. The molecule has 1 aliphatic heterocycles. The quantitative estimate of drug-likeness (QED) is 0.605. The highest BCUT2D eigenvalue weighted by molar-refractivity contribution is 7.99. The maximum atomic E-state index is 5.93. The molecule has 2 rings (SSSR count). The van der Waals surface area contributed by atoms with Crippen molar-refractivity contribution in [1.29, 1.82) is 0 Å². The van der Waals surface area contributed by atoms with Gasteiger partial charge in [-0.25, -0.2) is 4.98 Å². The van der Waals surface area contributed by atoms with E-state index in [0.29, 0.717) is 5.15 Å². The highest BCUT2D eigenvalue weighted by atomic mass is 35.5. The summed E-state index contributed by atoms with van der Waals surface area (Å²) in [6.07, 6.45) is 0.986. The minimum Gasteiger partial charge on any atom is -0.240 e. The lowest BCUT2D eigenvalue weighted by Gasteiger charge is -1.99. The van der Waals surface area contributed by atoms with Gasteiger partial charge in [-0.05, 0) is 6.07 Å². The molecule has 1 aromatic rings. The summed E-state index contributed by atoms with van der Waals surface area (Å²) in [5, 5.41) is 1.23. The minimum absolute atomic E-state index is 0.497. The van der Waals surface area contributed by atoms with Gasteiger partial charge in [0.1, 0.15) is 5.15 Å². The topological polar surface area (TPSA) is 12.9 Å². The average molecular weight is 206 g/mol. The fraction of sp³-hybridized carbons (Fsp3) is 0.286. The molecule has 1 aromatic heterocycles. The molecule has 0 atom stereocenters. The van der Waals surface area contributed by atoms with Gasteiger partial charge in [-0.2, -0.15) is 0 Å². The smallest absolute Gasteiger partial charge is 0.130 e. The summed E-state index contributed by atoms with van der Waals surface area (Å²) in [4.78, 5) is 5.28. The standard InChI is InChI=1S/C7H5Cl2NS/c8-4-3-6(9)10-5-1-2-11-7(4)5/h3H,1-2H2. The molecule has 0 aliphatic carbocycles. The van der Waals surface area contributed by atoms with Crippen molar-refractivity contribution in [3.63, 3.8) is 0 Å². The first kappa shape index (κ1) is 7.71. The van der Waals surface area contributed by atoms with Crippen LogP contribution in [0.25, 0.3) is 0 Å². The second-order valence-corrected chi connectivity index (χ2v) is 4.20. The number of halogens is 2. The van der Waals surface area contributed by atoms with Crippen molar-refractivity contribution in [3.8, 4) is 0 Å². The molecule has 1 aliphatic rings. The summed E-state index contributed by atoms with van der Waals surface area (Å²) < 4.78 is 0. The summed E-state index contributed by atoms with van der Waals surface area (Å²) in [6, 6.07) is 1.69. The van der Waals surface area contributed by atoms with E-state index in [1.165, 1.54) is 0 Å². The molecule has 11 heavy (non-hydrogen) atoms. The Labute approximate surface area is 79.1 Å². The van der Waals surface area contributed by atoms with E-state index in [2.05, 4.69) is 4.98 Å². The normalized spacial score (nSPS) is 15.1. The lowest BCUT2D eigenvalue weighted by Crippen LogP contribution is -1.87. The molecule has 0 aromatic carbocycles. The van der Waals surface area contributed by atoms with E-state index in [1.54, 1.807) is 17.8 Å². The van der Waals surface area contributed by atoms with Crippen molar-refractivity contribution in [3.05, 3.63) is 21.9 Å². The number of aryl methyl sites for hydroxylation is 1. The number of hydrogen-bond acceptors (Lipinski definition) is 2.